The summed E-state index contributed by atoms with van der Waals surface area (Å²) in [6.07, 6.45) is 9.59. The van der Waals surface area contributed by atoms with E-state index in [2.05, 4.69) is 67.2 Å². The number of hydrogen-bond donors (Lipinski definition) is 0. The highest BCUT2D eigenvalue weighted by Gasteiger charge is 2.19. The lowest BCUT2D eigenvalue weighted by atomic mass is 10.0. The van der Waals surface area contributed by atoms with Gasteiger partial charge in [0.1, 0.15) is 0 Å². The second-order valence-corrected chi connectivity index (χ2v) is 13.9. The predicted octanol–water partition coefficient (Wildman–Crippen LogP) is 12.0. The van der Waals surface area contributed by atoms with Crippen molar-refractivity contribution < 1.29 is 0 Å². The number of benzene rings is 5. The highest BCUT2D eigenvalue weighted by atomic mass is 32.2. The van der Waals surface area contributed by atoms with E-state index in [4.69, 9.17) is 24.9 Å². The first kappa shape index (κ1) is 32.2. The molecule has 3 heterocycles. The van der Waals surface area contributed by atoms with Crippen LogP contribution in [0.3, 0.4) is 0 Å². The van der Waals surface area contributed by atoms with Crippen molar-refractivity contribution in [2.24, 2.45) is 0 Å². The molecule has 8 rings (SSSR count). The molecule has 244 valence electrons. The molecule has 7 heteroatoms. The van der Waals surface area contributed by atoms with E-state index in [0.29, 0.717) is 23.3 Å². The summed E-state index contributed by atoms with van der Waals surface area (Å²) in [5, 5.41) is 2.23. The lowest BCUT2D eigenvalue weighted by Crippen LogP contribution is -2.02. The highest BCUT2D eigenvalue weighted by molar-refractivity contribution is 7.99. The van der Waals surface area contributed by atoms with E-state index in [9.17, 15) is 0 Å². The van der Waals surface area contributed by atoms with Gasteiger partial charge in [0.2, 0.25) is 0 Å². The molecule has 0 bridgehead atoms. The molecule has 0 radical (unpaired) electrons. The van der Waals surface area contributed by atoms with Gasteiger partial charge in [0.15, 0.2) is 23.3 Å². The maximum Gasteiger partial charge on any atom is 0.164 e. The highest BCUT2D eigenvalue weighted by Crippen LogP contribution is 2.43. The summed E-state index contributed by atoms with van der Waals surface area (Å²) in [4.78, 5) is 27.2. The number of allylic oxidation sites excluding steroid dienone is 5. The van der Waals surface area contributed by atoms with E-state index in [1.165, 1.54) is 4.70 Å². The lowest BCUT2D eigenvalue weighted by Gasteiger charge is -2.12. The van der Waals surface area contributed by atoms with Crippen molar-refractivity contribution in [1.82, 2.24) is 24.9 Å². The fourth-order valence-corrected chi connectivity index (χ4v) is 7.99. The Labute approximate surface area is 304 Å². The molecular formula is C44H31N5S2. The van der Waals surface area contributed by atoms with Crippen molar-refractivity contribution in [3.8, 4) is 45.4 Å². The molecule has 51 heavy (non-hydrogen) atoms. The molecule has 0 aliphatic rings. The zero-order valence-electron chi connectivity index (χ0n) is 27.8. The molecule has 0 aliphatic carbocycles. The Hall–Kier alpha value is -6.02. The molecular weight excluding hydrogens is 663 g/mol. The summed E-state index contributed by atoms with van der Waals surface area (Å²) in [5.41, 5.74) is 5.64. The largest absolute Gasteiger partial charge is 0.235 e. The van der Waals surface area contributed by atoms with Crippen molar-refractivity contribution in [3.63, 3.8) is 0 Å². The number of nitrogens with zero attached hydrogens (tertiary/aromatic N) is 5. The summed E-state index contributed by atoms with van der Waals surface area (Å²) in [5.74, 6) is 2.54. The van der Waals surface area contributed by atoms with E-state index in [1.807, 2.05) is 98.1 Å². The average molecular weight is 694 g/mol. The topological polar surface area (TPSA) is 64.5 Å². The minimum atomic E-state index is 0.605. The zero-order chi connectivity index (χ0) is 34.6. The van der Waals surface area contributed by atoms with E-state index >= 15 is 0 Å². The minimum absolute atomic E-state index is 0.605. The molecule has 5 aromatic carbocycles. The van der Waals surface area contributed by atoms with Crippen LogP contribution in [0, 0.1) is 0 Å². The van der Waals surface area contributed by atoms with Gasteiger partial charge in [-0.05, 0) is 37.3 Å². The molecule has 0 aliphatic heterocycles. The number of fused-ring (bicyclic) bond motifs is 3. The normalized spacial score (nSPS) is 11.8. The van der Waals surface area contributed by atoms with Crippen LogP contribution in [-0.2, 0) is 0 Å². The van der Waals surface area contributed by atoms with Crippen LogP contribution in [-0.4, -0.2) is 24.9 Å². The van der Waals surface area contributed by atoms with Crippen LogP contribution in [0.25, 0.3) is 71.2 Å². The molecule has 3 aromatic heterocycles. The quantitative estimate of drug-likeness (QED) is 0.140. The fraction of sp³-hybridized carbons (Fsp3) is 0.0227. The first-order valence-electron chi connectivity index (χ1n) is 16.6. The third-order valence-electron chi connectivity index (χ3n) is 8.42. The Morgan fingerprint density at radius 3 is 2.10 bits per heavy atom. The van der Waals surface area contributed by atoms with Gasteiger partial charge >= 0.3 is 0 Å². The first-order chi connectivity index (χ1) is 25.2. The Kier molecular flexibility index (Phi) is 9.12. The van der Waals surface area contributed by atoms with Crippen molar-refractivity contribution in [2.45, 2.75) is 16.7 Å². The van der Waals surface area contributed by atoms with Crippen molar-refractivity contribution in [3.05, 3.63) is 170 Å². The minimum Gasteiger partial charge on any atom is -0.235 e. The van der Waals surface area contributed by atoms with E-state index in [0.717, 1.165) is 58.8 Å². The number of rotatable bonds is 9. The predicted molar refractivity (Wildman–Crippen MR) is 214 cm³/mol. The SMILES string of the molecule is C=C/C=C\C(=C/C)c1nc(-c2ccccc2)nc(-c2cccc3sc4ccc(-c5nc(-c6ccccc6)ncc5Sc5ccccc5)cc4c23)n1. The van der Waals surface area contributed by atoms with Gasteiger partial charge in [0.25, 0.3) is 0 Å². The standard InChI is InChI=1S/C44H31N5S2/c1-3-5-16-29(4-2)42-47-43(31-19-11-7-12-20-31)49-44(48-42)34-23-15-24-37-39(34)35-27-32(25-26-36(35)51-37)40-38(50-33-21-13-8-14-22-33)28-45-41(46-40)30-17-9-6-10-18-30/h3-28H,1H2,2H3/b16-5-,29-4+. The monoisotopic (exact) mass is 693 g/mol. The van der Waals surface area contributed by atoms with Gasteiger partial charge in [0, 0.05) is 59.1 Å². The third-order valence-corrected chi connectivity index (χ3v) is 10.6. The Balaban J connectivity index is 1.33. The second kappa shape index (κ2) is 14.5. The lowest BCUT2D eigenvalue weighted by molar-refractivity contribution is 1.04. The smallest absolute Gasteiger partial charge is 0.164 e. The second-order valence-electron chi connectivity index (χ2n) is 11.7. The Bertz CT molecular complexity index is 2580. The van der Waals surface area contributed by atoms with Crippen LogP contribution in [0.1, 0.15) is 12.7 Å². The fourth-order valence-electron chi connectivity index (χ4n) is 5.97. The molecule has 8 aromatic rings. The molecule has 0 saturated carbocycles. The van der Waals surface area contributed by atoms with Gasteiger partial charge in [0.05, 0.1) is 10.6 Å². The van der Waals surface area contributed by atoms with Crippen LogP contribution in [0.15, 0.2) is 174 Å². The number of hydrogen-bond acceptors (Lipinski definition) is 7. The van der Waals surface area contributed by atoms with Gasteiger partial charge < -0.3 is 0 Å². The maximum atomic E-state index is 5.19. The summed E-state index contributed by atoms with van der Waals surface area (Å²) >= 11 is 3.43. The van der Waals surface area contributed by atoms with Crippen LogP contribution in [0.5, 0.6) is 0 Å². The van der Waals surface area contributed by atoms with Gasteiger partial charge in [-0.1, -0.05) is 140 Å². The molecule has 5 nitrogen and oxygen atoms in total. The van der Waals surface area contributed by atoms with Gasteiger partial charge in [-0.3, -0.25) is 0 Å². The summed E-state index contributed by atoms with van der Waals surface area (Å²) in [6.45, 7) is 5.84. The third kappa shape index (κ3) is 6.65. The number of aromatic nitrogens is 5. The van der Waals surface area contributed by atoms with Gasteiger partial charge in [-0.25, -0.2) is 24.9 Å². The van der Waals surface area contributed by atoms with Crippen molar-refractivity contribution in [2.75, 3.05) is 0 Å². The molecule has 0 amide bonds. The maximum absolute atomic E-state index is 5.19. The van der Waals surface area contributed by atoms with Crippen LogP contribution in [0.4, 0.5) is 0 Å². The Morgan fingerprint density at radius 1 is 0.667 bits per heavy atom. The van der Waals surface area contributed by atoms with E-state index in [-0.39, 0.29) is 0 Å². The molecule has 0 saturated heterocycles. The summed E-state index contributed by atoms with van der Waals surface area (Å²) in [7, 11) is 0. The molecule has 0 fully saturated rings. The van der Waals surface area contributed by atoms with Crippen molar-refractivity contribution >= 4 is 48.8 Å². The van der Waals surface area contributed by atoms with E-state index < -0.39 is 0 Å². The molecule has 0 atom stereocenters. The van der Waals surface area contributed by atoms with Gasteiger partial charge in [-0.2, -0.15) is 0 Å². The zero-order valence-corrected chi connectivity index (χ0v) is 29.4. The Morgan fingerprint density at radius 2 is 1.37 bits per heavy atom. The summed E-state index contributed by atoms with van der Waals surface area (Å²) < 4.78 is 2.34. The number of thiophene rings is 1. The van der Waals surface area contributed by atoms with E-state index in [1.54, 1.807) is 29.2 Å². The molecule has 0 spiro atoms. The van der Waals surface area contributed by atoms with Crippen LogP contribution in [0.2, 0.25) is 0 Å². The van der Waals surface area contributed by atoms with Crippen LogP contribution >= 0.6 is 23.1 Å². The van der Waals surface area contributed by atoms with Crippen LogP contribution < -0.4 is 0 Å². The average Bonchev–Trinajstić information content (AvgIpc) is 3.58. The van der Waals surface area contributed by atoms with Crippen molar-refractivity contribution in [1.29, 1.82) is 0 Å². The first-order valence-corrected chi connectivity index (χ1v) is 18.2. The van der Waals surface area contributed by atoms with Gasteiger partial charge in [-0.15, -0.1) is 11.3 Å². The summed E-state index contributed by atoms with van der Waals surface area (Å²) in [6, 6.07) is 43.5. The molecule has 0 unspecified atom stereocenters. The molecule has 0 N–H and O–H groups in total.